The number of methoxy groups -OCH3 is 2. The van der Waals surface area contributed by atoms with Crippen molar-refractivity contribution in [2.75, 3.05) is 26.3 Å². The Kier molecular flexibility index (Phi) is 8.15. The van der Waals surface area contributed by atoms with Crippen molar-refractivity contribution in [3.05, 3.63) is 114 Å². The number of benzene rings is 4. The molecule has 8 heteroatoms. The van der Waals surface area contributed by atoms with Gasteiger partial charge in [0.15, 0.2) is 11.5 Å². The molecule has 1 unspecified atom stereocenters. The van der Waals surface area contributed by atoms with Gasteiger partial charge in [0.25, 0.3) is 5.91 Å². The molecule has 0 fully saturated rings. The minimum atomic E-state index is -0.959. The lowest BCUT2D eigenvalue weighted by Gasteiger charge is -2.32. The van der Waals surface area contributed by atoms with Crippen molar-refractivity contribution < 1.29 is 28.5 Å². The van der Waals surface area contributed by atoms with E-state index in [1.165, 1.54) is 0 Å². The molecule has 40 heavy (non-hydrogen) atoms. The third kappa shape index (κ3) is 6.18. The van der Waals surface area contributed by atoms with Gasteiger partial charge < -0.3 is 29.2 Å². The van der Waals surface area contributed by atoms with Crippen molar-refractivity contribution in [3.8, 4) is 23.0 Å². The van der Waals surface area contributed by atoms with Gasteiger partial charge in [-0.15, -0.1) is 0 Å². The Hall–Kier alpha value is -4.98. The van der Waals surface area contributed by atoms with E-state index in [9.17, 15) is 9.59 Å². The maximum atomic E-state index is 14.1. The van der Waals surface area contributed by atoms with E-state index in [0.29, 0.717) is 34.2 Å². The molecule has 1 atom stereocenters. The van der Waals surface area contributed by atoms with Crippen LogP contribution >= 0.6 is 0 Å². The Morgan fingerprint density at radius 2 is 1.55 bits per heavy atom. The summed E-state index contributed by atoms with van der Waals surface area (Å²) in [7, 11) is 3.17. The number of fused-ring (bicyclic) bond motifs is 1. The minimum absolute atomic E-state index is 0.128. The molecule has 0 radical (unpaired) electrons. The zero-order valence-corrected chi connectivity index (χ0v) is 22.3. The van der Waals surface area contributed by atoms with Crippen molar-refractivity contribution >= 4 is 17.5 Å². The number of nitrogens with zero attached hydrogens (tertiary/aromatic N) is 1. The maximum Gasteiger partial charge on any atom is 0.251 e. The Morgan fingerprint density at radius 3 is 2.30 bits per heavy atom. The number of carbonyl (C=O) groups is 2. The van der Waals surface area contributed by atoms with Gasteiger partial charge in [-0.3, -0.25) is 9.59 Å². The Balaban J connectivity index is 1.53. The van der Waals surface area contributed by atoms with Crippen LogP contribution < -0.4 is 24.3 Å². The third-order valence-corrected chi connectivity index (χ3v) is 6.64. The molecule has 1 aliphatic heterocycles. The predicted octanol–water partition coefficient (Wildman–Crippen LogP) is 5.38. The van der Waals surface area contributed by atoms with Gasteiger partial charge in [0.1, 0.15) is 17.5 Å². The fraction of sp³-hybridized carbons (Fsp3) is 0.188. The first-order valence-electron chi connectivity index (χ1n) is 12.8. The molecule has 1 aliphatic rings. The summed E-state index contributed by atoms with van der Waals surface area (Å²) in [4.78, 5) is 29.6. The smallest absolute Gasteiger partial charge is 0.251 e. The number of hydrogen-bond donors (Lipinski definition) is 1. The van der Waals surface area contributed by atoms with Crippen LogP contribution in [-0.2, 0) is 22.6 Å². The summed E-state index contributed by atoms with van der Waals surface area (Å²) in [5.74, 6) is 1.87. The molecule has 4 aromatic rings. The highest BCUT2D eigenvalue weighted by Crippen LogP contribution is 2.35. The molecule has 0 spiro atoms. The Bertz CT molecular complexity index is 1470. The number of carbonyl (C=O) groups excluding carboxylic acids is 2. The van der Waals surface area contributed by atoms with Crippen molar-refractivity contribution in [2.24, 2.45) is 0 Å². The van der Waals surface area contributed by atoms with Gasteiger partial charge in [-0.25, -0.2) is 0 Å². The zero-order chi connectivity index (χ0) is 27.9. The van der Waals surface area contributed by atoms with Gasteiger partial charge in [-0.2, -0.15) is 0 Å². The molecule has 0 bridgehead atoms. The highest BCUT2D eigenvalue weighted by molar-refractivity contribution is 5.98. The third-order valence-electron chi connectivity index (χ3n) is 6.64. The summed E-state index contributed by atoms with van der Waals surface area (Å²) in [6.45, 7) is 0.328. The van der Waals surface area contributed by atoms with Crippen LogP contribution in [0.15, 0.2) is 97.1 Å². The van der Waals surface area contributed by atoms with Crippen LogP contribution in [0.3, 0.4) is 0 Å². The van der Waals surface area contributed by atoms with Gasteiger partial charge in [-0.1, -0.05) is 54.6 Å². The van der Waals surface area contributed by atoms with Crippen LogP contribution in [0.5, 0.6) is 23.0 Å². The zero-order valence-electron chi connectivity index (χ0n) is 22.3. The first kappa shape index (κ1) is 26.6. The number of hydrogen-bond acceptors (Lipinski definition) is 6. The molecule has 8 nitrogen and oxygen atoms in total. The average Bonchev–Trinajstić information content (AvgIpc) is 3.46. The summed E-state index contributed by atoms with van der Waals surface area (Å²) in [5, 5.41) is 2.98. The summed E-state index contributed by atoms with van der Waals surface area (Å²) in [5.41, 5.74) is 2.85. The van der Waals surface area contributed by atoms with Gasteiger partial charge in [-0.05, 0) is 53.1 Å². The quantitative estimate of drug-likeness (QED) is 0.292. The maximum absolute atomic E-state index is 14.1. The molecular weight excluding hydrogens is 508 g/mol. The van der Waals surface area contributed by atoms with E-state index >= 15 is 0 Å². The van der Waals surface area contributed by atoms with Gasteiger partial charge >= 0.3 is 0 Å². The van der Waals surface area contributed by atoms with Gasteiger partial charge in [0, 0.05) is 18.3 Å². The minimum Gasteiger partial charge on any atom is -0.497 e. The Labute approximate surface area is 233 Å². The summed E-state index contributed by atoms with van der Waals surface area (Å²) in [6, 6.07) is 28.4. The molecule has 5 rings (SSSR count). The van der Waals surface area contributed by atoms with E-state index in [-0.39, 0.29) is 31.6 Å². The van der Waals surface area contributed by atoms with Crippen molar-refractivity contribution in [1.82, 2.24) is 4.90 Å². The molecule has 1 N–H and O–H groups in total. The summed E-state index contributed by atoms with van der Waals surface area (Å²) < 4.78 is 21.6. The second-order valence-corrected chi connectivity index (χ2v) is 9.27. The molecular formula is C32H30N2O6. The van der Waals surface area contributed by atoms with Crippen LogP contribution in [0, 0.1) is 0 Å². The first-order chi connectivity index (χ1) is 19.5. The number of anilines is 1. The second kappa shape index (κ2) is 12.3. The van der Waals surface area contributed by atoms with Crippen LogP contribution in [0.1, 0.15) is 22.7 Å². The van der Waals surface area contributed by atoms with E-state index in [1.54, 1.807) is 49.5 Å². The standard InChI is InChI=1S/C32H30N2O6/c1-37-26-14-11-23(12-15-26)20-34(30(35)17-22-7-4-3-5-8-22)31(24-9-6-10-27(18-24)38-2)32(36)33-25-13-16-28-29(19-25)40-21-39-28/h3-16,18-19,31H,17,20-21H2,1-2H3,(H,33,36). The molecule has 0 saturated heterocycles. The van der Waals surface area contributed by atoms with Crippen molar-refractivity contribution in [3.63, 3.8) is 0 Å². The number of rotatable bonds is 10. The van der Waals surface area contributed by atoms with E-state index in [4.69, 9.17) is 18.9 Å². The lowest BCUT2D eigenvalue weighted by Crippen LogP contribution is -2.41. The van der Waals surface area contributed by atoms with Crippen molar-refractivity contribution in [1.29, 1.82) is 0 Å². The molecule has 0 aromatic heterocycles. The second-order valence-electron chi connectivity index (χ2n) is 9.27. The topological polar surface area (TPSA) is 86.3 Å². The number of ether oxygens (including phenoxy) is 4. The average molecular weight is 539 g/mol. The largest absolute Gasteiger partial charge is 0.497 e. The molecule has 1 heterocycles. The van der Waals surface area contributed by atoms with E-state index in [0.717, 1.165) is 11.1 Å². The number of amides is 2. The van der Waals surface area contributed by atoms with Gasteiger partial charge in [0.2, 0.25) is 12.7 Å². The summed E-state index contributed by atoms with van der Waals surface area (Å²) >= 11 is 0. The van der Waals surface area contributed by atoms with Crippen LogP contribution in [0.2, 0.25) is 0 Å². The van der Waals surface area contributed by atoms with Crippen LogP contribution in [-0.4, -0.2) is 37.7 Å². The molecule has 0 aliphatic carbocycles. The van der Waals surface area contributed by atoms with E-state index in [1.807, 2.05) is 66.7 Å². The van der Waals surface area contributed by atoms with Gasteiger partial charge in [0.05, 0.1) is 20.6 Å². The molecule has 204 valence electrons. The molecule has 0 saturated carbocycles. The van der Waals surface area contributed by atoms with Crippen LogP contribution in [0.25, 0.3) is 0 Å². The predicted molar refractivity (Wildman–Crippen MR) is 151 cm³/mol. The normalized spacial score (nSPS) is 12.3. The SMILES string of the molecule is COc1ccc(CN(C(=O)Cc2ccccc2)C(C(=O)Nc2ccc3c(c2)OCO3)c2cccc(OC)c2)cc1. The van der Waals surface area contributed by atoms with Crippen LogP contribution in [0.4, 0.5) is 5.69 Å². The fourth-order valence-electron chi connectivity index (χ4n) is 4.59. The van der Waals surface area contributed by atoms with E-state index in [2.05, 4.69) is 5.32 Å². The fourth-order valence-corrected chi connectivity index (χ4v) is 4.59. The molecule has 2 amide bonds. The lowest BCUT2D eigenvalue weighted by atomic mass is 10.0. The van der Waals surface area contributed by atoms with Crippen molar-refractivity contribution in [2.45, 2.75) is 19.0 Å². The lowest BCUT2D eigenvalue weighted by molar-refractivity contribution is -0.139. The molecule has 4 aromatic carbocycles. The Morgan fingerprint density at radius 1 is 0.800 bits per heavy atom. The highest BCUT2D eigenvalue weighted by Gasteiger charge is 2.32. The monoisotopic (exact) mass is 538 g/mol. The van der Waals surface area contributed by atoms with E-state index < -0.39 is 6.04 Å². The summed E-state index contributed by atoms with van der Waals surface area (Å²) in [6.07, 6.45) is 0.134. The first-order valence-corrected chi connectivity index (χ1v) is 12.8. The number of nitrogens with one attached hydrogen (secondary N) is 1. The highest BCUT2D eigenvalue weighted by atomic mass is 16.7.